The van der Waals surface area contributed by atoms with E-state index < -0.39 is 23.1 Å². The molecule has 2 amide bonds. The van der Waals surface area contributed by atoms with E-state index in [9.17, 15) is 19.5 Å². The van der Waals surface area contributed by atoms with Crippen molar-refractivity contribution in [1.82, 2.24) is 19.1 Å². The number of fused-ring (bicyclic) bond motifs is 1. The second-order valence-electron chi connectivity index (χ2n) is 7.39. The number of hydrogen-bond acceptors (Lipinski definition) is 7. The molecule has 0 bridgehead atoms. The minimum Gasteiger partial charge on any atom is -0.506 e. The molecular formula is C21H17Cl2N7O4. The van der Waals surface area contributed by atoms with Crippen molar-refractivity contribution in [3.63, 3.8) is 0 Å². The highest BCUT2D eigenvalue weighted by molar-refractivity contribution is 6.33. The summed E-state index contributed by atoms with van der Waals surface area (Å²) in [5.41, 5.74) is 11.6. The van der Waals surface area contributed by atoms with Crippen LogP contribution in [0.15, 0.2) is 41.7 Å². The van der Waals surface area contributed by atoms with Gasteiger partial charge in [0.15, 0.2) is 0 Å². The van der Waals surface area contributed by atoms with Crippen LogP contribution in [0.25, 0.3) is 22.2 Å². The van der Waals surface area contributed by atoms with Gasteiger partial charge in [-0.1, -0.05) is 23.2 Å². The Morgan fingerprint density at radius 3 is 2.62 bits per heavy atom. The lowest BCUT2D eigenvalue weighted by Crippen LogP contribution is -2.20. The van der Waals surface area contributed by atoms with Crippen LogP contribution < -0.4 is 22.3 Å². The average Bonchev–Trinajstić information content (AvgIpc) is 3.13. The molecule has 0 unspecified atom stereocenters. The number of phenols is 1. The maximum Gasteiger partial charge on any atom is 0.263 e. The zero-order valence-corrected chi connectivity index (χ0v) is 19.1. The number of nitrogens with zero attached hydrogens (tertiary/aromatic N) is 4. The maximum absolute atomic E-state index is 13.0. The van der Waals surface area contributed by atoms with E-state index in [1.165, 1.54) is 53.1 Å². The van der Waals surface area contributed by atoms with Crippen molar-refractivity contribution in [2.75, 3.05) is 11.1 Å². The molecule has 174 valence electrons. The highest BCUT2D eigenvalue weighted by atomic mass is 35.5. The van der Waals surface area contributed by atoms with E-state index in [4.69, 9.17) is 34.7 Å². The Balaban J connectivity index is 1.82. The third kappa shape index (κ3) is 4.14. The van der Waals surface area contributed by atoms with Gasteiger partial charge in [0, 0.05) is 31.1 Å². The SMILES string of the molecule is Cn1cnc2c(c(-c3cc(Cl)c(O)c(C(N)=O)c3)cn2CC(=O)Nc2cc(N)ncc2Cl)c1=O. The largest absolute Gasteiger partial charge is 0.506 e. The van der Waals surface area contributed by atoms with Crippen LogP contribution in [0, 0.1) is 0 Å². The molecule has 11 nitrogen and oxygen atoms in total. The molecule has 4 rings (SSSR count). The number of amides is 2. The molecule has 0 saturated carbocycles. The smallest absolute Gasteiger partial charge is 0.263 e. The van der Waals surface area contributed by atoms with Gasteiger partial charge in [0.05, 0.1) is 33.0 Å². The number of benzene rings is 1. The summed E-state index contributed by atoms with van der Waals surface area (Å²) in [4.78, 5) is 45.6. The molecule has 0 spiro atoms. The number of primary amides is 1. The number of pyridine rings is 1. The molecule has 0 aliphatic rings. The predicted molar refractivity (Wildman–Crippen MR) is 128 cm³/mol. The Bertz CT molecular complexity index is 1540. The summed E-state index contributed by atoms with van der Waals surface area (Å²) in [6.07, 6.45) is 4.16. The van der Waals surface area contributed by atoms with Gasteiger partial charge in [0.25, 0.3) is 11.5 Å². The van der Waals surface area contributed by atoms with E-state index in [1.54, 1.807) is 0 Å². The zero-order chi connectivity index (χ0) is 24.7. The molecule has 13 heteroatoms. The molecule has 4 aromatic rings. The first-order chi connectivity index (χ1) is 16.1. The second kappa shape index (κ2) is 8.69. The minimum atomic E-state index is -0.899. The summed E-state index contributed by atoms with van der Waals surface area (Å²) < 4.78 is 2.73. The van der Waals surface area contributed by atoms with E-state index in [1.807, 2.05) is 0 Å². The number of anilines is 2. The van der Waals surface area contributed by atoms with Crippen LogP contribution in [0.1, 0.15) is 10.4 Å². The predicted octanol–water partition coefficient (Wildman–Crippen LogP) is 2.13. The Morgan fingerprint density at radius 1 is 1.18 bits per heavy atom. The number of halogens is 2. The first-order valence-electron chi connectivity index (χ1n) is 9.64. The normalized spacial score (nSPS) is 11.0. The molecule has 34 heavy (non-hydrogen) atoms. The average molecular weight is 502 g/mol. The lowest BCUT2D eigenvalue weighted by Gasteiger charge is -2.09. The van der Waals surface area contributed by atoms with Gasteiger partial charge in [-0.25, -0.2) is 9.97 Å². The molecule has 3 aromatic heterocycles. The molecule has 0 radical (unpaired) electrons. The van der Waals surface area contributed by atoms with Gasteiger partial charge in [-0.2, -0.15) is 0 Å². The molecule has 0 atom stereocenters. The topological polar surface area (TPSA) is 171 Å². The van der Waals surface area contributed by atoms with Gasteiger partial charge in [-0.3, -0.25) is 14.4 Å². The summed E-state index contributed by atoms with van der Waals surface area (Å²) in [5, 5.41) is 13.0. The van der Waals surface area contributed by atoms with Crippen LogP contribution in [-0.2, 0) is 18.4 Å². The van der Waals surface area contributed by atoms with Gasteiger partial charge in [0.2, 0.25) is 5.91 Å². The summed E-state index contributed by atoms with van der Waals surface area (Å²) in [6.45, 7) is -0.232. The molecule has 0 fully saturated rings. The number of carbonyl (C=O) groups excluding carboxylic acids is 2. The lowest BCUT2D eigenvalue weighted by atomic mass is 10.0. The lowest BCUT2D eigenvalue weighted by molar-refractivity contribution is -0.116. The minimum absolute atomic E-state index is 0.129. The van der Waals surface area contributed by atoms with Crippen LogP contribution in [0.4, 0.5) is 11.5 Å². The van der Waals surface area contributed by atoms with Crippen LogP contribution in [0.2, 0.25) is 10.0 Å². The fourth-order valence-corrected chi connectivity index (χ4v) is 3.81. The van der Waals surface area contributed by atoms with Gasteiger partial charge in [-0.15, -0.1) is 0 Å². The van der Waals surface area contributed by atoms with E-state index in [0.29, 0.717) is 11.1 Å². The highest BCUT2D eigenvalue weighted by Crippen LogP contribution is 2.36. The van der Waals surface area contributed by atoms with E-state index in [0.717, 1.165) is 0 Å². The van der Waals surface area contributed by atoms with Crippen molar-refractivity contribution in [2.24, 2.45) is 12.8 Å². The third-order valence-corrected chi connectivity index (χ3v) is 5.63. The summed E-state index contributed by atoms with van der Waals surface area (Å²) in [6, 6.07) is 4.11. The number of nitrogens with one attached hydrogen (secondary N) is 1. The highest BCUT2D eigenvalue weighted by Gasteiger charge is 2.21. The third-order valence-electron chi connectivity index (χ3n) is 5.04. The summed E-state index contributed by atoms with van der Waals surface area (Å²) >= 11 is 12.2. The Kier molecular flexibility index (Phi) is 5.90. The van der Waals surface area contributed by atoms with E-state index in [2.05, 4.69) is 15.3 Å². The molecule has 3 heterocycles. The molecule has 6 N–H and O–H groups in total. The van der Waals surface area contributed by atoms with Crippen molar-refractivity contribution in [1.29, 1.82) is 0 Å². The fourth-order valence-electron chi connectivity index (χ4n) is 3.44. The first-order valence-corrected chi connectivity index (χ1v) is 10.4. The monoisotopic (exact) mass is 501 g/mol. The first kappa shape index (κ1) is 23.1. The number of rotatable bonds is 5. The molecule has 0 aliphatic heterocycles. The molecule has 0 aliphatic carbocycles. The van der Waals surface area contributed by atoms with Gasteiger partial charge >= 0.3 is 0 Å². The van der Waals surface area contributed by atoms with Crippen molar-refractivity contribution in [3.05, 3.63) is 62.9 Å². The number of aromatic hydroxyl groups is 1. The second-order valence-corrected chi connectivity index (χ2v) is 8.20. The van der Waals surface area contributed by atoms with Crippen LogP contribution >= 0.6 is 23.2 Å². The summed E-state index contributed by atoms with van der Waals surface area (Å²) in [5.74, 6) is -1.67. The van der Waals surface area contributed by atoms with E-state index >= 15 is 0 Å². The number of nitrogens with two attached hydrogens (primary N) is 2. The standard InChI is InChI=1S/C21H17Cl2N7O4/c1-29-8-27-20-17(21(29)34)11(9-2-10(19(25)33)18(32)12(22)3-9)6-30(20)7-16(31)28-14-4-15(24)26-5-13(14)23/h2-6,8,32H,7H2,1H3,(H2,25,33)(H3,24,26,28,31). The van der Waals surface area contributed by atoms with Gasteiger partial charge in [0.1, 0.15) is 23.8 Å². The molecule has 1 aromatic carbocycles. The summed E-state index contributed by atoms with van der Waals surface area (Å²) in [7, 11) is 1.52. The Morgan fingerprint density at radius 2 is 1.91 bits per heavy atom. The van der Waals surface area contributed by atoms with Crippen LogP contribution in [0.3, 0.4) is 0 Å². The Labute approximate surface area is 201 Å². The quantitative estimate of drug-likeness (QED) is 0.324. The molecule has 0 saturated heterocycles. The number of hydrogen-bond donors (Lipinski definition) is 4. The number of nitrogen functional groups attached to an aromatic ring is 1. The van der Waals surface area contributed by atoms with Gasteiger partial charge in [-0.05, 0) is 17.7 Å². The van der Waals surface area contributed by atoms with Crippen LogP contribution in [-0.4, -0.2) is 36.0 Å². The number of aryl methyl sites for hydroxylation is 1. The number of aromatic nitrogens is 4. The van der Waals surface area contributed by atoms with Crippen molar-refractivity contribution in [2.45, 2.75) is 6.54 Å². The van der Waals surface area contributed by atoms with Crippen molar-refractivity contribution >= 4 is 57.6 Å². The Hall–Kier alpha value is -4.09. The maximum atomic E-state index is 13.0. The molecular weight excluding hydrogens is 485 g/mol. The number of carbonyl (C=O) groups is 2. The van der Waals surface area contributed by atoms with E-state index in [-0.39, 0.29) is 44.7 Å². The van der Waals surface area contributed by atoms with Crippen LogP contribution in [0.5, 0.6) is 5.75 Å². The van der Waals surface area contributed by atoms with Gasteiger partial charge < -0.3 is 31.0 Å². The van der Waals surface area contributed by atoms with Crippen molar-refractivity contribution < 1.29 is 14.7 Å². The fraction of sp³-hybridized carbons (Fsp3) is 0.0952. The zero-order valence-electron chi connectivity index (χ0n) is 17.5. The van der Waals surface area contributed by atoms with Crippen molar-refractivity contribution in [3.8, 4) is 16.9 Å².